The average molecular weight is 379 g/mol. The minimum Gasteiger partial charge on any atom is -0.273 e. The molecule has 0 unspecified atom stereocenters. The van der Waals surface area contributed by atoms with Crippen LogP contribution < -0.4 is 9.80 Å². The first-order valence-corrected chi connectivity index (χ1v) is 9.20. The number of carbonyl (C=O) groups is 2. The number of amides is 2. The predicted octanol–water partition coefficient (Wildman–Crippen LogP) is 3.86. The summed E-state index contributed by atoms with van der Waals surface area (Å²) < 4.78 is 0. The number of benzene rings is 2. The fourth-order valence-electron chi connectivity index (χ4n) is 2.73. The lowest BCUT2D eigenvalue weighted by atomic mass is 10.2. The standard InChI is InChI=1S/C19H13N3O2S2/c23-16-11-17(24)22(19(25)21(16)14-9-5-2-6-10-14)18-20-15(12-26-18)13-7-3-1-4-8-13/h1-10,12H,11H2. The number of carbonyl (C=O) groups excluding carboxylic acids is 2. The molecule has 2 heterocycles. The van der Waals surface area contributed by atoms with Crippen LogP contribution in [0.25, 0.3) is 11.3 Å². The van der Waals surface area contributed by atoms with Gasteiger partial charge >= 0.3 is 0 Å². The predicted molar refractivity (Wildman–Crippen MR) is 106 cm³/mol. The van der Waals surface area contributed by atoms with Crippen molar-refractivity contribution >= 4 is 51.3 Å². The van der Waals surface area contributed by atoms with Crippen molar-refractivity contribution in [3.05, 3.63) is 66.0 Å². The van der Waals surface area contributed by atoms with Gasteiger partial charge in [-0.2, -0.15) is 0 Å². The van der Waals surface area contributed by atoms with E-state index in [-0.39, 0.29) is 23.3 Å². The van der Waals surface area contributed by atoms with Crippen molar-refractivity contribution in [1.29, 1.82) is 0 Å². The lowest BCUT2D eigenvalue weighted by molar-refractivity contribution is -0.126. The molecule has 1 aromatic heterocycles. The van der Waals surface area contributed by atoms with Crippen LogP contribution in [0.2, 0.25) is 0 Å². The number of nitrogens with zero attached hydrogens (tertiary/aromatic N) is 3. The van der Waals surface area contributed by atoms with E-state index in [1.807, 2.05) is 53.9 Å². The molecule has 0 saturated carbocycles. The number of aromatic nitrogens is 1. The molecular formula is C19H13N3O2S2. The Bertz CT molecular complexity index is 986. The van der Waals surface area contributed by atoms with Gasteiger partial charge in [-0.1, -0.05) is 48.5 Å². The molecule has 0 spiro atoms. The van der Waals surface area contributed by atoms with E-state index in [0.29, 0.717) is 10.8 Å². The molecule has 128 valence electrons. The normalized spacial score (nSPS) is 14.8. The molecule has 1 aliphatic rings. The van der Waals surface area contributed by atoms with Gasteiger partial charge in [0, 0.05) is 10.9 Å². The second-order valence-corrected chi connectivity index (χ2v) is 6.84. The van der Waals surface area contributed by atoms with Crippen LogP contribution in [-0.2, 0) is 9.59 Å². The maximum absolute atomic E-state index is 12.5. The van der Waals surface area contributed by atoms with Crippen LogP contribution in [0.4, 0.5) is 10.8 Å². The average Bonchev–Trinajstić information content (AvgIpc) is 3.12. The van der Waals surface area contributed by atoms with E-state index in [9.17, 15) is 9.59 Å². The van der Waals surface area contributed by atoms with Gasteiger partial charge in [-0.25, -0.2) is 9.88 Å². The number of hydrogen-bond acceptors (Lipinski definition) is 5. The Morgan fingerprint density at radius 2 is 1.50 bits per heavy atom. The van der Waals surface area contributed by atoms with Crippen molar-refractivity contribution in [2.24, 2.45) is 0 Å². The third-order valence-corrected chi connectivity index (χ3v) is 5.14. The Kier molecular flexibility index (Phi) is 4.32. The van der Waals surface area contributed by atoms with Crippen LogP contribution in [0.15, 0.2) is 66.0 Å². The van der Waals surface area contributed by atoms with Crippen LogP contribution >= 0.6 is 23.6 Å². The number of para-hydroxylation sites is 1. The zero-order valence-corrected chi connectivity index (χ0v) is 15.2. The van der Waals surface area contributed by atoms with Crippen LogP contribution in [0, 0.1) is 0 Å². The van der Waals surface area contributed by atoms with Gasteiger partial charge in [-0.15, -0.1) is 11.3 Å². The monoisotopic (exact) mass is 379 g/mol. The summed E-state index contributed by atoms with van der Waals surface area (Å²) in [6.45, 7) is 0. The Morgan fingerprint density at radius 3 is 2.19 bits per heavy atom. The first kappa shape index (κ1) is 16.6. The van der Waals surface area contributed by atoms with Crippen LogP contribution in [0.3, 0.4) is 0 Å². The van der Waals surface area contributed by atoms with E-state index < -0.39 is 0 Å². The van der Waals surface area contributed by atoms with Gasteiger partial charge in [0.25, 0.3) is 0 Å². The first-order chi connectivity index (χ1) is 12.6. The van der Waals surface area contributed by atoms with Gasteiger partial charge in [0.2, 0.25) is 11.8 Å². The summed E-state index contributed by atoms with van der Waals surface area (Å²) in [6.07, 6.45) is -0.241. The summed E-state index contributed by atoms with van der Waals surface area (Å²) in [5, 5.41) is 2.47. The fourth-order valence-corrected chi connectivity index (χ4v) is 4.03. The zero-order valence-electron chi connectivity index (χ0n) is 13.5. The molecule has 1 saturated heterocycles. The highest BCUT2D eigenvalue weighted by Crippen LogP contribution is 2.31. The molecule has 0 N–H and O–H groups in total. The second-order valence-electron chi connectivity index (χ2n) is 5.63. The van der Waals surface area contributed by atoms with Crippen molar-refractivity contribution in [3.8, 4) is 11.3 Å². The Labute approximate surface area is 159 Å². The number of thiocarbonyl (C=S) groups is 1. The molecule has 4 rings (SSSR count). The largest absolute Gasteiger partial charge is 0.273 e. The minimum atomic E-state index is -0.360. The maximum atomic E-state index is 12.5. The Morgan fingerprint density at radius 1 is 0.885 bits per heavy atom. The molecule has 1 aliphatic heterocycles. The van der Waals surface area contributed by atoms with E-state index in [0.717, 1.165) is 11.3 Å². The minimum absolute atomic E-state index is 0.131. The summed E-state index contributed by atoms with van der Waals surface area (Å²) in [5.41, 5.74) is 2.37. The highest BCUT2D eigenvalue weighted by atomic mass is 32.1. The van der Waals surface area contributed by atoms with E-state index in [1.165, 1.54) is 21.1 Å². The van der Waals surface area contributed by atoms with Gasteiger partial charge in [-0.3, -0.25) is 14.5 Å². The third-order valence-electron chi connectivity index (χ3n) is 3.95. The Hall–Kier alpha value is -2.90. The van der Waals surface area contributed by atoms with Gasteiger partial charge in [-0.05, 0) is 24.4 Å². The van der Waals surface area contributed by atoms with E-state index in [4.69, 9.17) is 12.2 Å². The number of anilines is 2. The summed E-state index contributed by atoms with van der Waals surface area (Å²) in [5.74, 6) is -0.691. The molecule has 0 bridgehead atoms. The number of hydrogen-bond donors (Lipinski definition) is 0. The molecule has 2 aromatic carbocycles. The number of rotatable bonds is 3. The molecule has 2 amide bonds. The summed E-state index contributed by atoms with van der Waals surface area (Å²) in [4.78, 5) is 32.2. The fraction of sp³-hybridized carbons (Fsp3) is 0.0526. The molecule has 3 aromatic rings. The van der Waals surface area contributed by atoms with E-state index >= 15 is 0 Å². The zero-order chi connectivity index (χ0) is 18.1. The molecule has 0 atom stereocenters. The van der Waals surface area contributed by atoms with E-state index in [2.05, 4.69) is 4.98 Å². The molecule has 0 radical (unpaired) electrons. The van der Waals surface area contributed by atoms with Gasteiger partial charge in [0.1, 0.15) is 6.42 Å². The SMILES string of the molecule is O=C1CC(=O)N(c2nc(-c3ccccc3)cs2)C(=S)N1c1ccccc1. The third kappa shape index (κ3) is 2.91. The number of thiazole rings is 1. The lowest BCUT2D eigenvalue weighted by Gasteiger charge is -2.33. The molecular weight excluding hydrogens is 366 g/mol. The topological polar surface area (TPSA) is 53.5 Å². The van der Waals surface area contributed by atoms with E-state index in [1.54, 1.807) is 12.1 Å². The first-order valence-electron chi connectivity index (χ1n) is 7.91. The quantitative estimate of drug-likeness (QED) is 0.512. The van der Waals surface area contributed by atoms with Gasteiger partial charge < -0.3 is 0 Å². The molecule has 1 fully saturated rings. The van der Waals surface area contributed by atoms with Crippen LogP contribution in [-0.4, -0.2) is 21.9 Å². The van der Waals surface area contributed by atoms with Crippen molar-refractivity contribution in [3.63, 3.8) is 0 Å². The van der Waals surface area contributed by atoms with Crippen molar-refractivity contribution in [2.45, 2.75) is 6.42 Å². The van der Waals surface area contributed by atoms with Gasteiger partial charge in [0.05, 0.1) is 11.4 Å². The molecule has 5 nitrogen and oxygen atoms in total. The second kappa shape index (κ2) is 6.78. The Balaban J connectivity index is 1.70. The van der Waals surface area contributed by atoms with Crippen molar-refractivity contribution in [1.82, 2.24) is 4.98 Å². The highest BCUT2D eigenvalue weighted by Gasteiger charge is 2.38. The summed E-state index contributed by atoms with van der Waals surface area (Å²) in [6, 6.07) is 18.8. The van der Waals surface area contributed by atoms with Crippen molar-refractivity contribution in [2.75, 3.05) is 9.80 Å². The van der Waals surface area contributed by atoms with Gasteiger partial charge in [0.15, 0.2) is 10.2 Å². The summed E-state index contributed by atoms with van der Waals surface area (Å²) in [7, 11) is 0. The molecule has 7 heteroatoms. The van der Waals surface area contributed by atoms with Crippen LogP contribution in [0.1, 0.15) is 6.42 Å². The van der Waals surface area contributed by atoms with Crippen LogP contribution in [0.5, 0.6) is 0 Å². The summed E-state index contributed by atoms with van der Waals surface area (Å²) >= 11 is 6.79. The highest BCUT2D eigenvalue weighted by molar-refractivity contribution is 7.81. The smallest absolute Gasteiger partial charge is 0.244 e. The van der Waals surface area contributed by atoms with Crippen molar-refractivity contribution < 1.29 is 9.59 Å². The maximum Gasteiger partial charge on any atom is 0.244 e. The molecule has 26 heavy (non-hydrogen) atoms. The lowest BCUT2D eigenvalue weighted by Crippen LogP contribution is -2.55. The molecule has 0 aliphatic carbocycles.